The largest absolute Gasteiger partial charge is 0.493 e. The van der Waals surface area contributed by atoms with Crippen LogP contribution in [0.3, 0.4) is 0 Å². The fourth-order valence-corrected chi connectivity index (χ4v) is 2.79. The van der Waals surface area contributed by atoms with Crippen LogP contribution in [-0.2, 0) is 11.3 Å². The van der Waals surface area contributed by atoms with Crippen LogP contribution in [0.1, 0.15) is 24.3 Å². The van der Waals surface area contributed by atoms with Gasteiger partial charge in [-0.05, 0) is 41.1 Å². The quantitative estimate of drug-likeness (QED) is 0.563. The van der Waals surface area contributed by atoms with Gasteiger partial charge in [-0.25, -0.2) is 0 Å². The van der Waals surface area contributed by atoms with E-state index in [2.05, 4.69) is 19.2 Å². The lowest BCUT2D eigenvalue weighted by Crippen LogP contribution is -2.23. The number of ether oxygens (including phenoxy) is 2. The van der Waals surface area contributed by atoms with Gasteiger partial charge in [0.2, 0.25) is 0 Å². The Morgan fingerprint density at radius 1 is 1.35 bits per heavy atom. The zero-order valence-corrected chi connectivity index (χ0v) is 15.9. The summed E-state index contributed by atoms with van der Waals surface area (Å²) in [5, 5.41) is 14.0. The first-order valence-electron chi connectivity index (χ1n) is 8.26. The number of carbonyl (C=O) groups is 1. The van der Waals surface area contributed by atoms with Gasteiger partial charge in [0, 0.05) is 4.88 Å². The molecule has 0 bridgehead atoms. The molecule has 1 heterocycles. The maximum Gasteiger partial charge on any atom is 0.262 e. The highest BCUT2D eigenvalue weighted by molar-refractivity contribution is 7.09. The number of rotatable bonds is 8. The molecule has 0 radical (unpaired) electrons. The first-order valence-corrected chi connectivity index (χ1v) is 9.14. The van der Waals surface area contributed by atoms with Gasteiger partial charge in [0.15, 0.2) is 11.5 Å². The van der Waals surface area contributed by atoms with Gasteiger partial charge in [0.1, 0.15) is 11.6 Å². The molecule has 1 aromatic heterocycles. The van der Waals surface area contributed by atoms with Crippen LogP contribution in [-0.4, -0.2) is 19.6 Å². The van der Waals surface area contributed by atoms with Crippen molar-refractivity contribution in [3.05, 3.63) is 51.7 Å². The van der Waals surface area contributed by atoms with Crippen molar-refractivity contribution in [1.82, 2.24) is 5.32 Å². The van der Waals surface area contributed by atoms with Crippen LogP contribution in [0, 0.1) is 17.2 Å². The molecule has 26 heavy (non-hydrogen) atoms. The third-order valence-corrected chi connectivity index (χ3v) is 4.32. The van der Waals surface area contributed by atoms with Crippen molar-refractivity contribution in [2.75, 3.05) is 13.7 Å². The van der Waals surface area contributed by atoms with Gasteiger partial charge in [-0.3, -0.25) is 4.79 Å². The Labute approximate surface area is 157 Å². The zero-order valence-electron chi connectivity index (χ0n) is 15.1. The Morgan fingerprint density at radius 3 is 2.77 bits per heavy atom. The molecule has 136 valence electrons. The van der Waals surface area contributed by atoms with Gasteiger partial charge < -0.3 is 14.8 Å². The van der Waals surface area contributed by atoms with E-state index in [-0.39, 0.29) is 5.57 Å². The van der Waals surface area contributed by atoms with E-state index in [0.29, 0.717) is 36.1 Å². The second kappa shape index (κ2) is 9.64. The maximum absolute atomic E-state index is 12.2. The molecule has 0 aliphatic heterocycles. The second-order valence-electron chi connectivity index (χ2n) is 6.05. The smallest absolute Gasteiger partial charge is 0.262 e. The average Bonchev–Trinajstić information content (AvgIpc) is 3.16. The molecular formula is C20H22N2O3S. The Morgan fingerprint density at radius 2 is 2.15 bits per heavy atom. The summed E-state index contributed by atoms with van der Waals surface area (Å²) in [7, 11) is 1.56. The number of nitrogens with zero attached hydrogens (tertiary/aromatic N) is 1. The number of carbonyl (C=O) groups excluding carboxylic acids is 1. The number of hydrogen-bond acceptors (Lipinski definition) is 5. The fraction of sp³-hybridized carbons (Fsp3) is 0.300. The summed E-state index contributed by atoms with van der Waals surface area (Å²) in [5.41, 5.74) is 0.737. The third kappa shape index (κ3) is 5.64. The standard InChI is InChI=1S/C20H22N2O3S/c1-14(2)13-25-18-7-6-15(10-19(18)24-3)9-16(11-21)20(23)22-12-17-5-4-8-26-17/h4-10,14H,12-13H2,1-3H3,(H,22,23)/b16-9+. The molecule has 5 nitrogen and oxygen atoms in total. The highest BCUT2D eigenvalue weighted by atomic mass is 32.1. The normalized spacial score (nSPS) is 11.1. The van der Waals surface area contributed by atoms with Crippen LogP contribution < -0.4 is 14.8 Å². The van der Waals surface area contributed by atoms with E-state index in [1.807, 2.05) is 23.6 Å². The summed E-state index contributed by atoms with van der Waals surface area (Å²) in [6.45, 7) is 5.12. The summed E-state index contributed by atoms with van der Waals surface area (Å²) in [4.78, 5) is 13.3. The van der Waals surface area contributed by atoms with E-state index < -0.39 is 5.91 Å². The molecular weight excluding hydrogens is 348 g/mol. The first-order chi connectivity index (χ1) is 12.5. The Hall–Kier alpha value is -2.78. The van der Waals surface area contributed by atoms with Crippen LogP contribution in [0.2, 0.25) is 0 Å². The summed E-state index contributed by atoms with van der Waals surface area (Å²) in [5.74, 6) is 1.20. The van der Waals surface area contributed by atoms with Gasteiger partial charge in [0.25, 0.3) is 5.91 Å². The number of nitrogens with one attached hydrogen (secondary N) is 1. The highest BCUT2D eigenvalue weighted by Gasteiger charge is 2.11. The lowest BCUT2D eigenvalue weighted by molar-refractivity contribution is -0.117. The summed E-state index contributed by atoms with van der Waals surface area (Å²) < 4.78 is 11.1. The van der Waals surface area contributed by atoms with Gasteiger partial charge in [-0.15, -0.1) is 11.3 Å². The molecule has 0 aliphatic carbocycles. The number of nitriles is 1. The Kier molecular flexibility index (Phi) is 7.24. The van der Waals surface area contributed by atoms with E-state index in [1.54, 1.807) is 42.7 Å². The van der Waals surface area contributed by atoms with Gasteiger partial charge >= 0.3 is 0 Å². The highest BCUT2D eigenvalue weighted by Crippen LogP contribution is 2.29. The molecule has 0 fully saturated rings. The molecule has 2 aromatic rings. The van der Waals surface area contributed by atoms with Crippen molar-refractivity contribution in [3.63, 3.8) is 0 Å². The van der Waals surface area contributed by atoms with Crippen LogP contribution in [0.4, 0.5) is 0 Å². The van der Waals surface area contributed by atoms with Crippen LogP contribution >= 0.6 is 11.3 Å². The minimum absolute atomic E-state index is 0.0412. The van der Waals surface area contributed by atoms with Gasteiger partial charge in [0.05, 0.1) is 20.3 Å². The lowest BCUT2D eigenvalue weighted by atomic mass is 10.1. The molecule has 0 aliphatic rings. The van der Waals surface area contributed by atoms with Gasteiger partial charge in [-0.1, -0.05) is 26.0 Å². The predicted molar refractivity (Wildman–Crippen MR) is 103 cm³/mol. The summed E-state index contributed by atoms with van der Waals surface area (Å²) in [6, 6.07) is 11.1. The monoisotopic (exact) mass is 370 g/mol. The molecule has 1 aromatic carbocycles. The topological polar surface area (TPSA) is 71.3 Å². The van der Waals surface area contributed by atoms with E-state index in [9.17, 15) is 10.1 Å². The van der Waals surface area contributed by atoms with Crippen molar-refractivity contribution in [1.29, 1.82) is 5.26 Å². The van der Waals surface area contributed by atoms with E-state index in [4.69, 9.17) is 9.47 Å². The van der Waals surface area contributed by atoms with Gasteiger partial charge in [-0.2, -0.15) is 5.26 Å². The van der Waals surface area contributed by atoms with E-state index in [1.165, 1.54) is 0 Å². The Bertz CT molecular complexity index is 805. The molecule has 6 heteroatoms. The van der Waals surface area contributed by atoms with Crippen molar-refractivity contribution >= 4 is 23.3 Å². The molecule has 1 N–H and O–H groups in total. The molecule has 0 unspecified atom stereocenters. The zero-order chi connectivity index (χ0) is 18.9. The predicted octanol–water partition coefficient (Wildman–Crippen LogP) is 4.01. The number of amides is 1. The molecule has 2 rings (SSSR count). The summed E-state index contributed by atoms with van der Waals surface area (Å²) in [6.07, 6.45) is 1.54. The third-order valence-electron chi connectivity index (χ3n) is 3.44. The molecule has 0 atom stereocenters. The van der Waals surface area contributed by atoms with Crippen LogP contribution in [0.25, 0.3) is 6.08 Å². The minimum Gasteiger partial charge on any atom is -0.493 e. The average molecular weight is 370 g/mol. The van der Waals surface area contributed by atoms with Crippen molar-refractivity contribution < 1.29 is 14.3 Å². The number of methoxy groups -OCH3 is 1. The van der Waals surface area contributed by atoms with E-state index >= 15 is 0 Å². The maximum atomic E-state index is 12.2. The number of thiophene rings is 1. The van der Waals surface area contributed by atoms with Crippen molar-refractivity contribution in [2.45, 2.75) is 20.4 Å². The molecule has 1 amide bonds. The van der Waals surface area contributed by atoms with Crippen LogP contribution in [0.15, 0.2) is 41.3 Å². The fourth-order valence-electron chi connectivity index (χ4n) is 2.14. The lowest BCUT2D eigenvalue weighted by Gasteiger charge is -2.13. The Balaban J connectivity index is 2.11. The van der Waals surface area contributed by atoms with Crippen molar-refractivity contribution in [3.8, 4) is 17.6 Å². The SMILES string of the molecule is COc1cc(/C=C(\C#N)C(=O)NCc2cccs2)ccc1OCC(C)C. The second-order valence-corrected chi connectivity index (χ2v) is 7.08. The number of benzene rings is 1. The minimum atomic E-state index is -0.403. The summed E-state index contributed by atoms with van der Waals surface area (Å²) >= 11 is 1.55. The van der Waals surface area contributed by atoms with Crippen LogP contribution in [0.5, 0.6) is 11.5 Å². The number of hydrogen-bond donors (Lipinski definition) is 1. The van der Waals surface area contributed by atoms with E-state index in [0.717, 1.165) is 4.88 Å². The first kappa shape index (κ1) is 19.5. The molecule has 0 saturated carbocycles. The van der Waals surface area contributed by atoms with Crippen molar-refractivity contribution in [2.24, 2.45) is 5.92 Å². The molecule has 0 saturated heterocycles. The molecule has 0 spiro atoms.